The van der Waals surface area contributed by atoms with Crippen LogP contribution >= 0.6 is 0 Å². The number of nitrogens with zero attached hydrogens (tertiary/aromatic N) is 1. The number of nitriles is 1. The molecule has 0 radical (unpaired) electrons. The first kappa shape index (κ1) is 14.1. The molecule has 2 unspecified atom stereocenters. The summed E-state index contributed by atoms with van der Waals surface area (Å²) < 4.78 is 17.9. The number of hydrogen-bond donors (Lipinski definition) is 2. The number of ether oxygens (including phenoxy) is 1. The van der Waals surface area contributed by atoms with Gasteiger partial charge in [-0.05, 0) is 17.7 Å². The molecule has 1 aromatic carbocycles. The zero-order valence-corrected chi connectivity index (χ0v) is 9.63. The van der Waals surface area contributed by atoms with Gasteiger partial charge in [-0.25, -0.2) is 9.18 Å². The number of esters is 1. The fourth-order valence-electron chi connectivity index (χ4n) is 1.42. The molecule has 5 nitrogen and oxygen atoms in total. The van der Waals surface area contributed by atoms with Crippen LogP contribution in [0.1, 0.15) is 28.4 Å². The highest BCUT2D eigenvalue weighted by Gasteiger charge is 2.20. The number of halogens is 1. The van der Waals surface area contributed by atoms with Gasteiger partial charge in [0, 0.05) is 0 Å². The molecule has 1 rings (SSSR count). The van der Waals surface area contributed by atoms with Gasteiger partial charge in [0.2, 0.25) is 0 Å². The Labute approximate surface area is 103 Å². The second kappa shape index (κ2) is 6.10. The summed E-state index contributed by atoms with van der Waals surface area (Å²) in [5.74, 6) is -1.69. The number of carbonyl (C=O) groups excluding carboxylic acids is 1. The molecule has 18 heavy (non-hydrogen) atoms. The second-order valence-corrected chi connectivity index (χ2v) is 3.61. The van der Waals surface area contributed by atoms with Gasteiger partial charge in [0.1, 0.15) is 11.9 Å². The normalized spacial score (nSPS) is 13.5. The van der Waals surface area contributed by atoms with Crippen LogP contribution in [-0.2, 0) is 4.74 Å². The van der Waals surface area contributed by atoms with Gasteiger partial charge >= 0.3 is 5.97 Å². The average Bonchev–Trinajstić information content (AvgIpc) is 2.37. The summed E-state index contributed by atoms with van der Waals surface area (Å²) in [7, 11) is 1.13. The van der Waals surface area contributed by atoms with E-state index in [9.17, 15) is 19.4 Å². The summed E-state index contributed by atoms with van der Waals surface area (Å²) in [4.78, 5) is 11.1. The lowest BCUT2D eigenvalue weighted by Crippen LogP contribution is -2.18. The van der Waals surface area contributed by atoms with Gasteiger partial charge in [-0.3, -0.25) is 0 Å². The van der Waals surface area contributed by atoms with E-state index < -0.39 is 24.0 Å². The number of aliphatic hydroxyl groups is 2. The van der Waals surface area contributed by atoms with E-state index in [4.69, 9.17) is 5.26 Å². The van der Waals surface area contributed by atoms with E-state index >= 15 is 0 Å². The van der Waals surface area contributed by atoms with Crippen molar-refractivity contribution >= 4 is 5.97 Å². The van der Waals surface area contributed by atoms with Gasteiger partial charge in [-0.2, -0.15) is 5.26 Å². The predicted octanol–water partition coefficient (Wildman–Crippen LogP) is 0.920. The maximum Gasteiger partial charge on any atom is 0.340 e. The molecule has 0 amide bonds. The fraction of sp³-hybridized carbons (Fsp3) is 0.333. The van der Waals surface area contributed by atoms with E-state index in [2.05, 4.69) is 4.74 Å². The molecule has 0 aliphatic carbocycles. The number of methoxy groups -OCH3 is 1. The summed E-state index contributed by atoms with van der Waals surface area (Å²) in [5.41, 5.74) is -0.175. The average molecular weight is 253 g/mol. The van der Waals surface area contributed by atoms with Crippen molar-refractivity contribution in [1.29, 1.82) is 5.26 Å². The van der Waals surface area contributed by atoms with Crippen molar-refractivity contribution in [3.63, 3.8) is 0 Å². The minimum atomic E-state index is -1.38. The van der Waals surface area contributed by atoms with Crippen molar-refractivity contribution < 1.29 is 24.1 Å². The van der Waals surface area contributed by atoms with Crippen LogP contribution in [0, 0.1) is 17.1 Å². The predicted molar refractivity (Wildman–Crippen MR) is 58.9 cm³/mol. The zero-order valence-electron chi connectivity index (χ0n) is 9.63. The van der Waals surface area contributed by atoms with Crippen LogP contribution in [0.3, 0.4) is 0 Å². The Bertz CT molecular complexity index is 483. The minimum absolute atomic E-state index is 0.0860. The molecule has 0 heterocycles. The molecule has 0 aliphatic heterocycles. The zero-order chi connectivity index (χ0) is 13.7. The Kier molecular flexibility index (Phi) is 4.77. The van der Waals surface area contributed by atoms with Crippen LogP contribution in [0.5, 0.6) is 0 Å². The molecular weight excluding hydrogens is 241 g/mol. The van der Waals surface area contributed by atoms with E-state index in [1.807, 2.05) is 0 Å². The fourth-order valence-corrected chi connectivity index (χ4v) is 1.42. The lowest BCUT2D eigenvalue weighted by molar-refractivity contribution is 0.0214. The molecule has 0 spiro atoms. The Morgan fingerprint density at radius 2 is 2.22 bits per heavy atom. The lowest BCUT2D eigenvalue weighted by atomic mass is 10.0. The van der Waals surface area contributed by atoms with Crippen LogP contribution in [0.25, 0.3) is 0 Å². The Morgan fingerprint density at radius 3 is 2.72 bits per heavy atom. The van der Waals surface area contributed by atoms with E-state index in [-0.39, 0.29) is 17.5 Å². The van der Waals surface area contributed by atoms with Gasteiger partial charge in [-0.1, -0.05) is 6.07 Å². The first-order chi connectivity index (χ1) is 8.51. The highest BCUT2D eigenvalue weighted by molar-refractivity contribution is 5.89. The minimum Gasteiger partial charge on any atom is -0.465 e. The van der Waals surface area contributed by atoms with Gasteiger partial charge < -0.3 is 14.9 Å². The third-order valence-corrected chi connectivity index (χ3v) is 2.40. The molecule has 0 fully saturated rings. The summed E-state index contributed by atoms with van der Waals surface area (Å²) in [6, 6.07) is 5.07. The first-order valence-electron chi connectivity index (χ1n) is 5.12. The molecule has 0 aromatic heterocycles. The van der Waals surface area contributed by atoms with Crippen molar-refractivity contribution in [3.8, 4) is 6.07 Å². The maximum atomic E-state index is 13.5. The molecule has 0 saturated carbocycles. The highest BCUT2D eigenvalue weighted by atomic mass is 19.1. The third-order valence-electron chi connectivity index (χ3n) is 2.40. The Morgan fingerprint density at radius 1 is 1.56 bits per heavy atom. The number of hydrogen-bond acceptors (Lipinski definition) is 5. The first-order valence-corrected chi connectivity index (χ1v) is 5.12. The van der Waals surface area contributed by atoms with Crippen molar-refractivity contribution in [3.05, 3.63) is 35.1 Å². The lowest BCUT2D eigenvalue weighted by Gasteiger charge is -2.16. The van der Waals surface area contributed by atoms with Crippen molar-refractivity contribution in [2.24, 2.45) is 0 Å². The van der Waals surface area contributed by atoms with Gasteiger partial charge in [0.05, 0.1) is 31.3 Å². The van der Waals surface area contributed by atoms with Crippen LogP contribution in [-0.4, -0.2) is 29.4 Å². The van der Waals surface area contributed by atoms with E-state index in [0.717, 1.165) is 19.2 Å². The standard InChI is InChI=1S/C12H12FNO4/c1-18-12(17)8-3-2-7(6-9(8)13)11(16)10(15)4-5-14/h2-3,6,10-11,15-16H,4H2,1H3. The Balaban J connectivity index is 2.97. The summed E-state index contributed by atoms with van der Waals surface area (Å²) in [6.45, 7) is 0. The summed E-state index contributed by atoms with van der Waals surface area (Å²) >= 11 is 0. The van der Waals surface area contributed by atoms with Gasteiger partial charge in [0.15, 0.2) is 0 Å². The van der Waals surface area contributed by atoms with Crippen LogP contribution in [0.15, 0.2) is 18.2 Å². The molecule has 2 N–H and O–H groups in total. The number of benzene rings is 1. The number of carbonyl (C=O) groups is 1. The summed E-state index contributed by atoms with van der Waals surface area (Å²) in [5, 5.41) is 27.4. The molecule has 0 bridgehead atoms. The molecule has 2 atom stereocenters. The largest absolute Gasteiger partial charge is 0.465 e. The molecule has 1 aromatic rings. The van der Waals surface area contributed by atoms with E-state index in [1.165, 1.54) is 6.07 Å². The summed E-state index contributed by atoms with van der Waals surface area (Å²) in [6.07, 6.45) is -2.97. The SMILES string of the molecule is COC(=O)c1ccc(C(O)C(O)CC#N)cc1F. The second-order valence-electron chi connectivity index (χ2n) is 3.61. The third kappa shape index (κ3) is 3.03. The Hall–Kier alpha value is -1.97. The highest BCUT2D eigenvalue weighted by Crippen LogP contribution is 2.21. The molecule has 96 valence electrons. The topological polar surface area (TPSA) is 90.6 Å². The van der Waals surface area contributed by atoms with Crippen molar-refractivity contribution in [1.82, 2.24) is 0 Å². The van der Waals surface area contributed by atoms with Crippen LogP contribution in [0.2, 0.25) is 0 Å². The van der Waals surface area contributed by atoms with E-state index in [0.29, 0.717) is 0 Å². The van der Waals surface area contributed by atoms with Crippen LogP contribution < -0.4 is 0 Å². The monoisotopic (exact) mass is 253 g/mol. The van der Waals surface area contributed by atoms with Crippen molar-refractivity contribution in [2.75, 3.05) is 7.11 Å². The molecule has 0 aliphatic rings. The molecule has 6 heteroatoms. The van der Waals surface area contributed by atoms with Crippen molar-refractivity contribution in [2.45, 2.75) is 18.6 Å². The quantitative estimate of drug-likeness (QED) is 0.779. The number of rotatable bonds is 4. The smallest absolute Gasteiger partial charge is 0.340 e. The van der Waals surface area contributed by atoms with Crippen LogP contribution in [0.4, 0.5) is 4.39 Å². The molecular formula is C12H12FNO4. The van der Waals surface area contributed by atoms with Gasteiger partial charge in [-0.15, -0.1) is 0 Å². The number of aliphatic hydroxyl groups excluding tert-OH is 2. The maximum absolute atomic E-state index is 13.5. The van der Waals surface area contributed by atoms with Gasteiger partial charge in [0.25, 0.3) is 0 Å². The van der Waals surface area contributed by atoms with E-state index in [1.54, 1.807) is 6.07 Å². The molecule has 0 saturated heterocycles.